The zero-order valence-corrected chi connectivity index (χ0v) is 24.3. The van der Waals surface area contributed by atoms with E-state index >= 15 is 0 Å². The number of esters is 2. The molecule has 1 atom stereocenters. The van der Waals surface area contributed by atoms with Gasteiger partial charge in [-0.05, 0) is 40.9 Å². The van der Waals surface area contributed by atoms with Gasteiger partial charge in [0.05, 0.1) is 19.0 Å². The van der Waals surface area contributed by atoms with Crippen molar-refractivity contribution in [2.24, 2.45) is 0 Å². The second-order valence-electron chi connectivity index (χ2n) is 9.55. The number of nitrogens with one attached hydrogen (secondary N) is 4. The molecule has 9 nitrogen and oxygen atoms in total. The molecule has 4 N–H and O–H groups in total. The molecule has 0 heterocycles. The van der Waals surface area contributed by atoms with E-state index in [4.69, 9.17) is 12.2 Å². The first-order valence-corrected chi connectivity index (χ1v) is 14.0. The molecule has 2 amide bonds. The summed E-state index contributed by atoms with van der Waals surface area (Å²) in [5.41, 5.74) is 3.16. The van der Waals surface area contributed by atoms with E-state index < -0.39 is 48.9 Å². The van der Waals surface area contributed by atoms with Crippen LogP contribution in [0.4, 0.5) is 13.2 Å². The number of benzene rings is 3. The minimum absolute atomic E-state index is 0.0951. The first kappa shape index (κ1) is 33.7. The van der Waals surface area contributed by atoms with Crippen molar-refractivity contribution in [1.29, 1.82) is 0 Å². The minimum atomic E-state index is -5.35. The van der Waals surface area contributed by atoms with E-state index in [2.05, 4.69) is 26.0 Å². The van der Waals surface area contributed by atoms with Gasteiger partial charge in [0.25, 0.3) is 0 Å². The number of ether oxygens (including phenoxy) is 1. The lowest BCUT2D eigenvalue weighted by Crippen LogP contribution is -2.40. The van der Waals surface area contributed by atoms with Gasteiger partial charge < -0.3 is 26.0 Å². The van der Waals surface area contributed by atoms with E-state index in [9.17, 15) is 32.3 Å². The first-order valence-electron chi connectivity index (χ1n) is 13.6. The molecule has 0 aliphatic carbocycles. The lowest BCUT2D eigenvalue weighted by molar-refractivity contribution is -0.202. The Labute approximate surface area is 257 Å². The third-order valence-corrected chi connectivity index (χ3v) is 6.46. The standard InChI is InChI=1S/C31H31F3N4O5S/c32-31(33,34)29(42)43-28(41)18-25(24-15-13-23(14-16-24)22-10-5-2-6-11-22)38-27(40)20-36-26(39)12-7-17-35-30(44)37-19-21-8-3-1-4-9-21/h1-6,8-11,13-16,25H,7,12,17-20H2,(H,36,39)(H,38,40)(H2,35,37,44). The highest BCUT2D eigenvalue weighted by atomic mass is 32.1. The summed E-state index contributed by atoms with van der Waals surface area (Å²) in [6, 6.07) is 24.5. The van der Waals surface area contributed by atoms with E-state index in [0.717, 1.165) is 16.7 Å². The van der Waals surface area contributed by atoms with Crippen LogP contribution in [0, 0.1) is 0 Å². The molecule has 3 aromatic rings. The van der Waals surface area contributed by atoms with E-state index in [0.29, 0.717) is 30.2 Å². The molecule has 0 saturated carbocycles. The SMILES string of the molecule is O=C(CCCNC(=S)NCc1ccccc1)NCC(=O)NC(CC(=O)OC(=O)C(F)(F)F)c1ccc(-c2ccccc2)cc1. The molecule has 0 aliphatic heterocycles. The average Bonchev–Trinajstić information content (AvgIpc) is 3.01. The van der Waals surface area contributed by atoms with Crippen molar-refractivity contribution in [2.75, 3.05) is 13.1 Å². The van der Waals surface area contributed by atoms with Gasteiger partial charge in [-0.15, -0.1) is 0 Å². The largest absolute Gasteiger partial charge is 0.491 e. The van der Waals surface area contributed by atoms with Crippen molar-refractivity contribution in [3.63, 3.8) is 0 Å². The van der Waals surface area contributed by atoms with E-state index in [-0.39, 0.29) is 6.42 Å². The second kappa shape index (κ2) is 16.8. The summed E-state index contributed by atoms with van der Waals surface area (Å²) < 4.78 is 41.6. The van der Waals surface area contributed by atoms with Crippen molar-refractivity contribution in [3.8, 4) is 11.1 Å². The molecule has 0 aliphatic rings. The molecule has 1 unspecified atom stereocenters. The van der Waals surface area contributed by atoms with Gasteiger partial charge in [-0.3, -0.25) is 14.4 Å². The summed E-state index contributed by atoms with van der Waals surface area (Å²) in [6.45, 7) is 0.523. The highest BCUT2D eigenvalue weighted by Gasteiger charge is 2.42. The van der Waals surface area contributed by atoms with Crippen LogP contribution in [0.25, 0.3) is 11.1 Å². The van der Waals surface area contributed by atoms with Crippen LogP contribution in [0.3, 0.4) is 0 Å². The summed E-state index contributed by atoms with van der Waals surface area (Å²) in [5.74, 6) is -5.24. The smallest absolute Gasteiger partial charge is 0.386 e. The molecule has 0 radical (unpaired) electrons. The normalized spacial score (nSPS) is 11.5. The van der Waals surface area contributed by atoms with Gasteiger partial charge in [0, 0.05) is 19.5 Å². The first-order chi connectivity index (χ1) is 21.0. The van der Waals surface area contributed by atoms with Gasteiger partial charge in [-0.2, -0.15) is 13.2 Å². The third-order valence-electron chi connectivity index (χ3n) is 6.17. The van der Waals surface area contributed by atoms with Crippen LogP contribution in [-0.2, 0) is 30.5 Å². The third kappa shape index (κ3) is 11.8. The Morgan fingerprint density at radius 2 is 1.39 bits per heavy atom. The fourth-order valence-electron chi connectivity index (χ4n) is 3.96. The van der Waals surface area contributed by atoms with Crippen LogP contribution in [0.15, 0.2) is 84.9 Å². The molecule has 3 aromatic carbocycles. The summed E-state index contributed by atoms with van der Waals surface area (Å²) >= 11 is 5.22. The van der Waals surface area contributed by atoms with Gasteiger partial charge in [0.2, 0.25) is 11.8 Å². The van der Waals surface area contributed by atoms with Crippen LogP contribution >= 0.6 is 12.2 Å². The number of thiocarbonyl (C=S) groups is 1. The molecule has 3 rings (SSSR count). The zero-order chi connectivity index (χ0) is 32.0. The van der Waals surface area contributed by atoms with E-state index in [1.54, 1.807) is 24.3 Å². The molecule has 0 saturated heterocycles. The van der Waals surface area contributed by atoms with Gasteiger partial charge in [0.15, 0.2) is 5.11 Å². The second-order valence-corrected chi connectivity index (χ2v) is 9.96. The number of carbonyl (C=O) groups is 4. The fourth-order valence-corrected chi connectivity index (χ4v) is 4.14. The Balaban J connectivity index is 1.49. The number of hydrogen-bond donors (Lipinski definition) is 4. The molecule has 0 aromatic heterocycles. The zero-order valence-electron chi connectivity index (χ0n) is 23.5. The Bertz CT molecular complexity index is 1420. The minimum Gasteiger partial charge on any atom is -0.386 e. The number of rotatable bonds is 13. The summed E-state index contributed by atoms with van der Waals surface area (Å²) in [5, 5.41) is 11.5. The van der Waals surface area contributed by atoms with Gasteiger partial charge >= 0.3 is 18.1 Å². The molecule has 44 heavy (non-hydrogen) atoms. The molecule has 0 spiro atoms. The van der Waals surface area contributed by atoms with Crippen molar-refractivity contribution in [3.05, 3.63) is 96.1 Å². The van der Waals surface area contributed by atoms with Gasteiger partial charge in [-0.25, -0.2) is 4.79 Å². The maximum Gasteiger partial charge on any atom is 0.491 e. The average molecular weight is 629 g/mol. The lowest BCUT2D eigenvalue weighted by Gasteiger charge is -2.19. The molecular weight excluding hydrogens is 597 g/mol. The lowest BCUT2D eigenvalue weighted by atomic mass is 9.99. The Morgan fingerprint density at radius 1 is 0.773 bits per heavy atom. The molecule has 13 heteroatoms. The molecule has 232 valence electrons. The number of halogens is 3. The summed E-state index contributed by atoms with van der Waals surface area (Å²) in [4.78, 5) is 48.1. The number of amides is 2. The van der Waals surface area contributed by atoms with E-state index in [1.807, 2.05) is 60.7 Å². The Kier molecular flexibility index (Phi) is 12.8. The fraction of sp³-hybridized carbons (Fsp3) is 0.258. The quantitative estimate of drug-likeness (QED) is 0.0966. The number of alkyl halides is 3. The van der Waals surface area contributed by atoms with Crippen LogP contribution in [0.5, 0.6) is 0 Å². The van der Waals surface area contributed by atoms with Gasteiger partial charge in [0.1, 0.15) is 0 Å². The highest BCUT2D eigenvalue weighted by Crippen LogP contribution is 2.24. The van der Waals surface area contributed by atoms with Crippen LogP contribution in [0.1, 0.15) is 36.4 Å². The topological polar surface area (TPSA) is 126 Å². The Morgan fingerprint density at radius 3 is 2.02 bits per heavy atom. The Hall–Kier alpha value is -4.78. The van der Waals surface area contributed by atoms with Crippen molar-refractivity contribution >= 4 is 41.1 Å². The monoisotopic (exact) mass is 628 g/mol. The molecule has 0 fully saturated rings. The maximum atomic E-state index is 12.6. The predicted octanol–water partition coefficient (Wildman–Crippen LogP) is 4.09. The van der Waals surface area contributed by atoms with Crippen molar-refractivity contribution in [1.82, 2.24) is 21.3 Å². The summed E-state index contributed by atoms with van der Waals surface area (Å²) in [7, 11) is 0. The number of carbonyl (C=O) groups excluding carboxylic acids is 4. The van der Waals surface area contributed by atoms with Crippen molar-refractivity contribution in [2.45, 2.75) is 38.0 Å². The maximum absolute atomic E-state index is 12.6. The summed E-state index contributed by atoms with van der Waals surface area (Å²) in [6.07, 6.45) is -5.58. The van der Waals surface area contributed by atoms with Crippen molar-refractivity contribution < 1.29 is 37.1 Å². The van der Waals surface area contributed by atoms with Gasteiger partial charge in [-0.1, -0.05) is 84.9 Å². The highest BCUT2D eigenvalue weighted by molar-refractivity contribution is 7.80. The van der Waals surface area contributed by atoms with Crippen LogP contribution in [0.2, 0.25) is 0 Å². The van der Waals surface area contributed by atoms with E-state index in [1.165, 1.54) is 0 Å². The van der Waals surface area contributed by atoms with Crippen LogP contribution in [-0.4, -0.2) is 48.1 Å². The van der Waals surface area contributed by atoms with Crippen LogP contribution < -0.4 is 21.3 Å². The number of hydrogen-bond acceptors (Lipinski definition) is 6. The molecular formula is C31H31F3N4O5S. The predicted molar refractivity (Wildman–Crippen MR) is 161 cm³/mol. The molecule has 0 bridgehead atoms.